The average Bonchev–Trinajstić information content (AvgIpc) is 2.56. The van der Waals surface area contributed by atoms with Gasteiger partial charge in [-0.25, -0.2) is 4.79 Å². The molecule has 1 amide bonds. The minimum atomic E-state index is -0.641. The summed E-state index contributed by atoms with van der Waals surface area (Å²) < 4.78 is 10.2. The molecular weight excluding hydrogens is 294 g/mol. The van der Waals surface area contributed by atoms with Gasteiger partial charge < -0.3 is 14.8 Å². The van der Waals surface area contributed by atoms with Gasteiger partial charge in [-0.3, -0.25) is 4.79 Å². The number of ether oxygens (including phenoxy) is 2. The monoisotopic (exact) mass is 313 g/mol. The number of aryl methyl sites for hydroxylation is 1. The lowest BCUT2D eigenvalue weighted by atomic mass is 10.2. The van der Waals surface area contributed by atoms with E-state index in [-0.39, 0.29) is 5.91 Å². The Balaban J connectivity index is 1.95. The number of esters is 1. The van der Waals surface area contributed by atoms with Crippen molar-refractivity contribution in [1.82, 2.24) is 0 Å². The van der Waals surface area contributed by atoms with E-state index in [1.54, 1.807) is 31.2 Å². The number of hydrogen-bond donors (Lipinski definition) is 1. The summed E-state index contributed by atoms with van der Waals surface area (Å²) in [5.41, 5.74) is 2.14. The Kier molecular flexibility index (Phi) is 5.36. The second kappa shape index (κ2) is 7.45. The van der Waals surface area contributed by atoms with Gasteiger partial charge in [0.15, 0.2) is 6.10 Å². The topological polar surface area (TPSA) is 64.6 Å². The first-order valence-electron chi connectivity index (χ1n) is 7.22. The highest BCUT2D eigenvalue weighted by Crippen LogP contribution is 2.15. The summed E-state index contributed by atoms with van der Waals surface area (Å²) >= 11 is 0. The number of amides is 1. The van der Waals surface area contributed by atoms with Gasteiger partial charge in [0.05, 0.1) is 12.7 Å². The maximum absolute atomic E-state index is 12.1. The van der Waals surface area contributed by atoms with Crippen molar-refractivity contribution in [3.63, 3.8) is 0 Å². The predicted octanol–water partition coefficient (Wildman–Crippen LogP) is 3.19. The van der Waals surface area contributed by atoms with Crippen molar-refractivity contribution in [2.24, 2.45) is 0 Å². The van der Waals surface area contributed by atoms with Crippen LogP contribution >= 0.6 is 0 Å². The van der Waals surface area contributed by atoms with Gasteiger partial charge in [0.2, 0.25) is 0 Å². The Morgan fingerprint density at radius 2 is 1.61 bits per heavy atom. The van der Waals surface area contributed by atoms with Gasteiger partial charge in [0.25, 0.3) is 5.91 Å². The zero-order chi connectivity index (χ0) is 16.8. The number of benzene rings is 2. The van der Waals surface area contributed by atoms with Gasteiger partial charge >= 0.3 is 5.97 Å². The van der Waals surface area contributed by atoms with E-state index < -0.39 is 12.1 Å². The van der Waals surface area contributed by atoms with Crippen LogP contribution in [0.2, 0.25) is 0 Å². The second-order valence-electron chi connectivity index (χ2n) is 5.13. The molecule has 0 heterocycles. The first-order valence-corrected chi connectivity index (χ1v) is 7.22. The van der Waals surface area contributed by atoms with E-state index in [1.807, 2.05) is 31.2 Å². The van der Waals surface area contributed by atoms with Crippen LogP contribution in [0.5, 0.6) is 5.75 Å². The van der Waals surface area contributed by atoms with E-state index >= 15 is 0 Å². The largest absolute Gasteiger partial charge is 0.481 e. The molecule has 0 aromatic heterocycles. The van der Waals surface area contributed by atoms with Gasteiger partial charge in [-0.2, -0.15) is 0 Å². The van der Waals surface area contributed by atoms with Gasteiger partial charge in [0, 0.05) is 5.69 Å². The zero-order valence-corrected chi connectivity index (χ0v) is 13.3. The summed E-state index contributed by atoms with van der Waals surface area (Å²) in [7, 11) is 1.32. The lowest BCUT2D eigenvalue weighted by molar-refractivity contribution is -0.122. The molecule has 0 aliphatic rings. The quantitative estimate of drug-likeness (QED) is 0.861. The van der Waals surface area contributed by atoms with E-state index in [9.17, 15) is 9.59 Å². The molecule has 0 saturated carbocycles. The fraction of sp³-hybridized carbons (Fsp3) is 0.222. The van der Waals surface area contributed by atoms with E-state index in [0.29, 0.717) is 17.0 Å². The minimum absolute atomic E-state index is 0.267. The van der Waals surface area contributed by atoms with E-state index in [0.717, 1.165) is 5.56 Å². The normalized spacial score (nSPS) is 11.4. The smallest absolute Gasteiger partial charge is 0.337 e. The number of nitrogens with one attached hydrogen (secondary N) is 1. The highest BCUT2D eigenvalue weighted by atomic mass is 16.5. The van der Waals surface area contributed by atoms with E-state index in [2.05, 4.69) is 10.1 Å². The molecule has 0 fully saturated rings. The summed E-state index contributed by atoms with van der Waals surface area (Å²) in [5, 5.41) is 2.74. The molecule has 23 heavy (non-hydrogen) atoms. The van der Waals surface area contributed by atoms with Crippen molar-refractivity contribution in [2.45, 2.75) is 20.0 Å². The predicted molar refractivity (Wildman–Crippen MR) is 87.7 cm³/mol. The molecule has 2 rings (SSSR count). The highest BCUT2D eigenvalue weighted by Gasteiger charge is 2.15. The van der Waals surface area contributed by atoms with Crippen LogP contribution in [-0.4, -0.2) is 25.1 Å². The van der Waals surface area contributed by atoms with Crippen LogP contribution in [0.4, 0.5) is 5.69 Å². The van der Waals surface area contributed by atoms with E-state index in [4.69, 9.17) is 4.74 Å². The number of methoxy groups -OCH3 is 1. The molecule has 0 aliphatic heterocycles. The lowest BCUT2D eigenvalue weighted by Gasteiger charge is -2.15. The van der Waals surface area contributed by atoms with Crippen LogP contribution in [-0.2, 0) is 9.53 Å². The summed E-state index contributed by atoms with van der Waals surface area (Å²) in [6.45, 7) is 3.66. The molecule has 1 N–H and O–H groups in total. The Morgan fingerprint density at radius 3 is 2.17 bits per heavy atom. The van der Waals surface area contributed by atoms with Crippen molar-refractivity contribution >= 4 is 17.6 Å². The Hall–Kier alpha value is -2.82. The maximum Gasteiger partial charge on any atom is 0.337 e. The summed E-state index contributed by atoms with van der Waals surface area (Å²) in [6, 6.07) is 14.0. The molecule has 120 valence electrons. The molecular formula is C18H19NO4. The maximum atomic E-state index is 12.1. The SMILES string of the molecule is COC(=O)c1ccc(NC(=O)C(C)Oc2ccc(C)cc2)cc1. The summed E-state index contributed by atoms with van der Waals surface area (Å²) in [5.74, 6) is -0.0466. The average molecular weight is 313 g/mol. The second-order valence-corrected chi connectivity index (χ2v) is 5.13. The molecule has 1 atom stereocenters. The van der Waals surface area contributed by atoms with Crippen molar-refractivity contribution in [3.05, 3.63) is 59.7 Å². The molecule has 0 radical (unpaired) electrons. The number of carbonyl (C=O) groups excluding carboxylic acids is 2. The third-order valence-corrected chi connectivity index (χ3v) is 3.28. The summed E-state index contributed by atoms with van der Waals surface area (Å²) in [4.78, 5) is 23.5. The molecule has 2 aromatic rings. The van der Waals surface area contributed by atoms with Crippen molar-refractivity contribution in [2.75, 3.05) is 12.4 Å². The van der Waals surface area contributed by atoms with Gasteiger partial charge in [-0.1, -0.05) is 17.7 Å². The van der Waals surface area contributed by atoms with Crippen molar-refractivity contribution < 1.29 is 19.1 Å². The molecule has 0 saturated heterocycles. The molecule has 5 heteroatoms. The van der Waals surface area contributed by atoms with Crippen molar-refractivity contribution in [1.29, 1.82) is 0 Å². The molecule has 0 aliphatic carbocycles. The van der Waals surface area contributed by atoms with Crippen LogP contribution < -0.4 is 10.1 Å². The number of anilines is 1. The Morgan fingerprint density at radius 1 is 1.00 bits per heavy atom. The molecule has 2 aromatic carbocycles. The van der Waals surface area contributed by atoms with Gasteiger partial charge in [-0.05, 0) is 50.2 Å². The van der Waals surface area contributed by atoms with Crippen molar-refractivity contribution in [3.8, 4) is 5.75 Å². The molecule has 0 bridgehead atoms. The first kappa shape index (κ1) is 16.5. The van der Waals surface area contributed by atoms with Crippen LogP contribution in [0.15, 0.2) is 48.5 Å². The fourth-order valence-corrected chi connectivity index (χ4v) is 1.93. The zero-order valence-electron chi connectivity index (χ0n) is 13.3. The van der Waals surface area contributed by atoms with Gasteiger partial charge in [-0.15, -0.1) is 0 Å². The Labute approximate surface area is 135 Å². The van der Waals surface area contributed by atoms with Crippen LogP contribution in [0.25, 0.3) is 0 Å². The van der Waals surface area contributed by atoms with Crippen LogP contribution in [0.1, 0.15) is 22.8 Å². The number of rotatable bonds is 5. The first-order chi connectivity index (χ1) is 11.0. The van der Waals surface area contributed by atoms with E-state index in [1.165, 1.54) is 7.11 Å². The third-order valence-electron chi connectivity index (χ3n) is 3.28. The molecule has 5 nitrogen and oxygen atoms in total. The number of carbonyl (C=O) groups is 2. The molecule has 1 unspecified atom stereocenters. The fourth-order valence-electron chi connectivity index (χ4n) is 1.93. The summed E-state index contributed by atoms with van der Waals surface area (Å²) in [6.07, 6.45) is -0.641. The molecule has 0 spiro atoms. The Bertz CT molecular complexity index is 677. The minimum Gasteiger partial charge on any atom is -0.481 e. The third kappa shape index (κ3) is 4.57. The van der Waals surface area contributed by atoms with Crippen LogP contribution in [0.3, 0.4) is 0 Å². The number of hydrogen-bond acceptors (Lipinski definition) is 4. The lowest BCUT2D eigenvalue weighted by Crippen LogP contribution is -2.30. The standard InChI is InChI=1S/C18H19NO4/c1-12-4-10-16(11-5-12)23-13(2)17(20)19-15-8-6-14(7-9-15)18(21)22-3/h4-11,13H,1-3H3,(H,19,20). The van der Waals surface area contributed by atoms with Gasteiger partial charge in [0.1, 0.15) is 5.75 Å². The highest BCUT2D eigenvalue weighted by molar-refractivity contribution is 5.95. The van der Waals surface area contributed by atoms with Crippen LogP contribution in [0, 0.1) is 6.92 Å².